The summed E-state index contributed by atoms with van der Waals surface area (Å²) in [4.78, 5) is 7.42. The highest BCUT2D eigenvalue weighted by Gasteiger charge is 2.44. The summed E-state index contributed by atoms with van der Waals surface area (Å²) in [6.45, 7) is 4.33. The van der Waals surface area contributed by atoms with Crippen LogP contribution < -0.4 is 25.6 Å². The molecular weight excluding hydrogens is 948 g/mol. The Morgan fingerprint density at radius 2 is 1.01 bits per heavy atom. The number of benzene rings is 11. The molecule has 0 saturated carbocycles. The number of hydrogen-bond donors (Lipinski definition) is 0. The Kier molecular flexibility index (Phi) is 11.1. The maximum absolute atomic E-state index is 7.05. The van der Waals surface area contributed by atoms with E-state index in [4.69, 9.17) is 4.42 Å². The molecule has 0 N–H and O–H groups in total. The minimum atomic E-state index is -0.210. The van der Waals surface area contributed by atoms with Crippen molar-refractivity contribution in [3.8, 4) is 11.1 Å². The van der Waals surface area contributed by atoms with Gasteiger partial charge in [-0.3, -0.25) is 0 Å². The SMILES string of the molecule is CCCCc1ccc(N(c2ccc(CCCC)cc2)c2ccc3c(c2)B2c4c(cc(N(c5ccccc5)c5ccccc5)cc4N3c3cccc4c3oc3ccccc34)-c3cccc4c5c6ccccc6ccc5n2c34)cc1. The number of rotatable bonds is 13. The topological polar surface area (TPSA) is 27.8 Å². The summed E-state index contributed by atoms with van der Waals surface area (Å²) >= 11 is 0. The normalized spacial score (nSPS) is 12.5. The van der Waals surface area contributed by atoms with Crippen molar-refractivity contribution in [1.82, 2.24) is 4.48 Å². The number of unbranched alkanes of at least 4 members (excludes halogenated alkanes) is 2. The molecule has 6 heteroatoms. The van der Waals surface area contributed by atoms with Gasteiger partial charge in [0.05, 0.1) is 5.69 Å². The van der Waals surface area contributed by atoms with Gasteiger partial charge in [0, 0.05) is 83.6 Å². The third-order valence-electron chi connectivity index (χ3n) is 16.7. The van der Waals surface area contributed by atoms with Crippen molar-refractivity contribution in [2.75, 3.05) is 14.7 Å². The van der Waals surface area contributed by atoms with Crippen LogP contribution in [0.5, 0.6) is 0 Å². The Morgan fingerprint density at radius 3 is 1.72 bits per heavy atom. The summed E-state index contributed by atoms with van der Waals surface area (Å²) in [6.07, 6.45) is 6.84. The van der Waals surface area contributed by atoms with Gasteiger partial charge in [0.1, 0.15) is 5.58 Å². The summed E-state index contributed by atoms with van der Waals surface area (Å²) in [5.74, 6) is 0. The highest BCUT2D eigenvalue weighted by atomic mass is 16.3. The zero-order chi connectivity index (χ0) is 51.8. The van der Waals surface area contributed by atoms with E-state index in [0.29, 0.717) is 0 Å². The molecule has 0 saturated heterocycles. The minimum absolute atomic E-state index is 0.210. The van der Waals surface area contributed by atoms with E-state index >= 15 is 0 Å². The highest BCUT2D eigenvalue weighted by Crippen LogP contribution is 2.51. The second-order valence-corrected chi connectivity index (χ2v) is 21.3. The number of aryl methyl sites for hydroxylation is 2. The zero-order valence-corrected chi connectivity index (χ0v) is 44.0. The van der Waals surface area contributed by atoms with Crippen molar-refractivity contribution in [2.45, 2.75) is 52.4 Å². The molecule has 2 aromatic heterocycles. The average Bonchev–Trinajstić information content (AvgIpc) is 3.43. The van der Waals surface area contributed by atoms with Crippen LogP contribution in [0.25, 0.3) is 65.6 Å². The van der Waals surface area contributed by atoms with Crippen LogP contribution in [0.3, 0.4) is 0 Å². The van der Waals surface area contributed by atoms with E-state index in [2.05, 4.69) is 270 Å². The second-order valence-electron chi connectivity index (χ2n) is 21.3. The fourth-order valence-corrected chi connectivity index (χ4v) is 13.1. The first-order valence-corrected chi connectivity index (χ1v) is 28.0. The summed E-state index contributed by atoms with van der Waals surface area (Å²) in [7, 11) is 0. The fourth-order valence-electron chi connectivity index (χ4n) is 13.1. The number of para-hydroxylation sites is 5. The maximum Gasteiger partial charge on any atom is 0.333 e. The van der Waals surface area contributed by atoms with Crippen molar-refractivity contribution in [3.63, 3.8) is 0 Å². The van der Waals surface area contributed by atoms with Gasteiger partial charge in [0.15, 0.2) is 5.58 Å². The van der Waals surface area contributed by atoms with Gasteiger partial charge in [-0.05, 0) is 161 Å². The molecule has 2 aliphatic heterocycles. The van der Waals surface area contributed by atoms with Crippen LogP contribution in [0.2, 0.25) is 0 Å². The predicted octanol–water partition coefficient (Wildman–Crippen LogP) is 18.9. The van der Waals surface area contributed by atoms with Crippen LogP contribution in [0.1, 0.15) is 50.7 Å². The fraction of sp³-hybridized carbons (Fsp3) is 0.111. The van der Waals surface area contributed by atoms with Gasteiger partial charge in [-0.15, -0.1) is 0 Å². The van der Waals surface area contributed by atoms with Crippen LogP contribution >= 0.6 is 0 Å². The minimum Gasteiger partial charge on any atom is -0.454 e. The Hall–Kier alpha value is -9.26. The predicted molar refractivity (Wildman–Crippen MR) is 331 cm³/mol. The third-order valence-corrected chi connectivity index (χ3v) is 16.7. The lowest BCUT2D eigenvalue weighted by atomic mass is 9.45. The number of nitrogens with zero attached hydrogens (tertiary/aromatic N) is 4. The lowest BCUT2D eigenvalue weighted by molar-refractivity contribution is 0.669. The zero-order valence-electron chi connectivity index (χ0n) is 44.0. The first-order chi connectivity index (χ1) is 38.6. The molecule has 0 bridgehead atoms. The molecule has 0 aliphatic carbocycles. The Balaban J connectivity index is 1.06. The molecule has 0 fully saturated rings. The Labute approximate surface area is 455 Å². The van der Waals surface area contributed by atoms with E-state index in [0.717, 1.165) is 86.0 Å². The van der Waals surface area contributed by atoms with Crippen molar-refractivity contribution in [2.24, 2.45) is 0 Å². The molecule has 13 aromatic rings. The number of hydrogen-bond acceptors (Lipinski definition) is 4. The van der Waals surface area contributed by atoms with Gasteiger partial charge in [-0.1, -0.05) is 166 Å². The largest absolute Gasteiger partial charge is 0.454 e. The van der Waals surface area contributed by atoms with Gasteiger partial charge in [0.25, 0.3) is 0 Å². The average molecular weight is 1010 g/mol. The molecule has 2 aliphatic rings. The van der Waals surface area contributed by atoms with Gasteiger partial charge >= 0.3 is 6.85 Å². The molecular formula is C72H57BN4O. The van der Waals surface area contributed by atoms with Gasteiger partial charge in [-0.25, -0.2) is 0 Å². The molecule has 0 amide bonds. The number of aromatic nitrogens is 1. The molecule has 0 radical (unpaired) electrons. The molecule has 78 heavy (non-hydrogen) atoms. The summed E-state index contributed by atoms with van der Waals surface area (Å²) in [5.41, 5.74) is 21.7. The molecule has 5 nitrogen and oxygen atoms in total. The number of anilines is 9. The van der Waals surface area contributed by atoms with Crippen LogP contribution in [0.4, 0.5) is 51.2 Å². The van der Waals surface area contributed by atoms with Crippen molar-refractivity contribution in [3.05, 3.63) is 248 Å². The smallest absolute Gasteiger partial charge is 0.333 e. The van der Waals surface area contributed by atoms with Gasteiger partial charge in [-0.2, -0.15) is 0 Å². The van der Waals surface area contributed by atoms with Gasteiger partial charge < -0.3 is 23.6 Å². The lowest BCUT2D eigenvalue weighted by Crippen LogP contribution is -2.56. The molecule has 0 atom stereocenters. The number of furan rings is 1. The van der Waals surface area contributed by atoms with E-state index in [1.54, 1.807) is 0 Å². The Morgan fingerprint density at radius 1 is 0.423 bits per heavy atom. The summed E-state index contributed by atoms with van der Waals surface area (Å²) < 4.78 is 9.75. The molecule has 0 unspecified atom stereocenters. The van der Waals surface area contributed by atoms with Crippen molar-refractivity contribution < 1.29 is 4.42 Å². The van der Waals surface area contributed by atoms with E-state index < -0.39 is 0 Å². The van der Waals surface area contributed by atoms with Crippen molar-refractivity contribution in [1.29, 1.82) is 0 Å². The number of fused-ring (bicyclic) bond motifs is 12. The quantitative estimate of drug-likeness (QED) is 0.108. The van der Waals surface area contributed by atoms with E-state index in [9.17, 15) is 0 Å². The maximum atomic E-state index is 7.05. The lowest BCUT2D eigenvalue weighted by Gasteiger charge is -2.42. The first kappa shape index (κ1) is 46.1. The highest BCUT2D eigenvalue weighted by molar-refractivity contribution is 6.90. The molecule has 15 rings (SSSR count). The van der Waals surface area contributed by atoms with Crippen LogP contribution in [0.15, 0.2) is 241 Å². The third kappa shape index (κ3) is 7.30. The molecule has 374 valence electrons. The molecule has 0 spiro atoms. The molecule has 4 heterocycles. The Bertz CT molecular complexity index is 4340. The van der Waals surface area contributed by atoms with E-state index in [-0.39, 0.29) is 6.85 Å². The summed E-state index contributed by atoms with van der Waals surface area (Å²) in [6, 6.07) is 88.2. The van der Waals surface area contributed by atoms with Crippen LogP contribution in [-0.2, 0) is 12.8 Å². The standard InChI is InChI=1S/C72H57BN4O/c1-3-5-19-48-33-38-53(39-34-48)74(54-40-35-49(36-41-54)20-6-4-2)55-42-44-64-63(46-55)73-70-62(59-28-17-30-61-69-57-26-14-13-21-50(57)37-43-65(69)77(73)71(59)61)45-56(75(51-22-9-7-10-23-51)52-24-11-8-12-25-52)47-67(70)76(64)66-31-18-29-60-58-27-15-16-32-68(58)78-72(60)66/h7-18,21-47H,3-6,19-20H2,1-2H3. The van der Waals surface area contributed by atoms with Crippen molar-refractivity contribution >= 4 is 123 Å². The monoisotopic (exact) mass is 1000 g/mol. The first-order valence-electron chi connectivity index (χ1n) is 28.0. The second kappa shape index (κ2) is 18.8. The molecule has 11 aromatic carbocycles. The van der Waals surface area contributed by atoms with E-state index in [1.807, 2.05) is 0 Å². The van der Waals surface area contributed by atoms with Crippen LogP contribution in [0, 0.1) is 0 Å². The van der Waals surface area contributed by atoms with Gasteiger partial charge in [0.2, 0.25) is 0 Å². The van der Waals surface area contributed by atoms with Crippen LogP contribution in [-0.4, -0.2) is 11.3 Å². The summed E-state index contributed by atoms with van der Waals surface area (Å²) in [5, 5.41) is 7.25. The van der Waals surface area contributed by atoms with E-state index in [1.165, 1.54) is 91.4 Å².